The van der Waals surface area contributed by atoms with E-state index in [1.54, 1.807) is 29.2 Å². The van der Waals surface area contributed by atoms with Gasteiger partial charge in [-0.25, -0.2) is 4.79 Å². The van der Waals surface area contributed by atoms with Gasteiger partial charge >= 0.3 is 12.1 Å². The van der Waals surface area contributed by atoms with E-state index in [2.05, 4.69) is 16.3 Å². The van der Waals surface area contributed by atoms with Crippen molar-refractivity contribution in [3.8, 4) is 11.1 Å². The summed E-state index contributed by atoms with van der Waals surface area (Å²) in [6.45, 7) is 6.26. The maximum atomic E-state index is 13.6. The van der Waals surface area contributed by atoms with Crippen LogP contribution in [-0.2, 0) is 20.9 Å². The normalized spacial score (nSPS) is 17.4. The van der Waals surface area contributed by atoms with Crippen LogP contribution >= 0.6 is 0 Å². The summed E-state index contributed by atoms with van der Waals surface area (Å²) in [5, 5.41) is 20.9. The average molecular weight is 706 g/mol. The van der Waals surface area contributed by atoms with Crippen molar-refractivity contribution >= 4 is 23.9 Å². The highest BCUT2D eigenvalue weighted by atomic mass is 19.4. The molecule has 5 rings (SSSR count). The van der Waals surface area contributed by atoms with Gasteiger partial charge in [0.25, 0.3) is 11.8 Å². The lowest BCUT2D eigenvalue weighted by molar-refractivity contribution is -0.192. The number of hydrogen-bond donors (Lipinski definition) is 3. The SMILES string of the molecule is CCOC1(O)C=CC(N(Cc2cccc(-c3cccc(C(=O)NCCN4CCCC4)c3)c2)C(=O)/C=C/c2ccccc2)=CC1.O=C(O)C(F)(F)F. The molecule has 3 N–H and O–H groups in total. The van der Waals surface area contributed by atoms with E-state index >= 15 is 0 Å². The third kappa shape index (κ3) is 12.1. The quantitative estimate of drug-likeness (QED) is 0.147. The molecule has 1 fully saturated rings. The maximum absolute atomic E-state index is 13.6. The Hall–Kier alpha value is -5.04. The fraction of sp³-hybridized carbons (Fsp3) is 0.308. The van der Waals surface area contributed by atoms with Crippen molar-refractivity contribution < 1.29 is 42.5 Å². The fourth-order valence-corrected chi connectivity index (χ4v) is 5.59. The molecule has 0 aromatic heterocycles. The molecule has 9 nitrogen and oxygen atoms in total. The summed E-state index contributed by atoms with van der Waals surface area (Å²) in [5.74, 6) is -4.39. The molecule has 270 valence electrons. The van der Waals surface area contributed by atoms with E-state index < -0.39 is 17.9 Å². The van der Waals surface area contributed by atoms with Crippen LogP contribution in [0.25, 0.3) is 17.2 Å². The first-order chi connectivity index (χ1) is 24.4. The van der Waals surface area contributed by atoms with Gasteiger partial charge in [0, 0.05) is 43.5 Å². The lowest BCUT2D eigenvalue weighted by Gasteiger charge is -2.30. The van der Waals surface area contributed by atoms with Gasteiger partial charge in [-0.05, 0) is 91.5 Å². The van der Waals surface area contributed by atoms with E-state index in [-0.39, 0.29) is 18.2 Å². The summed E-state index contributed by atoms with van der Waals surface area (Å²) in [6, 6.07) is 25.4. The molecule has 3 aromatic rings. The Kier molecular flexibility index (Phi) is 13.9. The highest BCUT2D eigenvalue weighted by Crippen LogP contribution is 2.27. The molecule has 0 radical (unpaired) electrons. The Bertz CT molecular complexity index is 1740. The van der Waals surface area contributed by atoms with Crippen molar-refractivity contribution in [2.24, 2.45) is 0 Å². The van der Waals surface area contributed by atoms with Gasteiger partial charge in [0.05, 0.1) is 6.54 Å². The Labute approximate surface area is 295 Å². The Morgan fingerprint density at radius 3 is 2.27 bits per heavy atom. The van der Waals surface area contributed by atoms with Gasteiger partial charge in [-0.1, -0.05) is 66.7 Å². The van der Waals surface area contributed by atoms with Gasteiger partial charge in [0.2, 0.25) is 0 Å². The molecule has 1 saturated heterocycles. The monoisotopic (exact) mass is 705 g/mol. The van der Waals surface area contributed by atoms with E-state index in [0.29, 0.717) is 31.0 Å². The number of aliphatic hydroxyl groups is 1. The number of likely N-dealkylation sites (tertiary alicyclic amines) is 1. The lowest BCUT2D eigenvalue weighted by atomic mass is 10.00. The molecule has 0 spiro atoms. The largest absolute Gasteiger partial charge is 0.490 e. The zero-order valence-electron chi connectivity index (χ0n) is 28.3. The number of alkyl halides is 3. The van der Waals surface area contributed by atoms with Crippen LogP contribution in [0.2, 0.25) is 0 Å². The minimum atomic E-state index is -5.08. The number of amides is 2. The first-order valence-electron chi connectivity index (χ1n) is 16.7. The van der Waals surface area contributed by atoms with Crippen LogP contribution in [0.5, 0.6) is 0 Å². The van der Waals surface area contributed by atoms with Crippen molar-refractivity contribution in [2.75, 3.05) is 32.8 Å². The van der Waals surface area contributed by atoms with Gasteiger partial charge in [0.1, 0.15) is 0 Å². The number of carboxylic acid groups (broad SMARTS) is 1. The Morgan fingerprint density at radius 1 is 0.980 bits per heavy atom. The zero-order valence-corrected chi connectivity index (χ0v) is 28.3. The van der Waals surface area contributed by atoms with E-state index in [1.807, 2.05) is 85.8 Å². The number of allylic oxidation sites excluding steroid dienone is 1. The topological polar surface area (TPSA) is 119 Å². The number of hydrogen-bond acceptors (Lipinski definition) is 6. The van der Waals surface area contributed by atoms with Crippen LogP contribution in [-0.4, -0.2) is 82.5 Å². The molecule has 12 heteroatoms. The summed E-state index contributed by atoms with van der Waals surface area (Å²) in [6.07, 6.45) is 6.17. The predicted molar refractivity (Wildman–Crippen MR) is 188 cm³/mol. The first kappa shape index (κ1) is 38.8. The van der Waals surface area contributed by atoms with E-state index in [9.17, 15) is 27.9 Å². The molecule has 51 heavy (non-hydrogen) atoms. The van der Waals surface area contributed by atoms with Gasteiger partial charge in [-0.3, -0.25) is 9.59 Å². The molecule has 2 aliphatic rings. The minimum absolute atomic E-state index is 0.0767. The predicted octanol–water partition coefficient (Wildman–Crippen LogP) is 6.42. The number of carbonyl (C=O) groups excluding carboxylic acids is 2. The summed E-state index contributed by atoms with van der Waals surface area (Å²) in [4.78, 5) is 39.4. The molecule has 0 saturated carbocycles. The minimum Gasteiger partial charge on any atom is -0.475 e. The molecular weight excluding hydrogens is 663 g/mol. The van der Waals surface area contributed by atoms with Crippen molar-refractivity contribution in [2.45, 2.75) is 44.7 Å². The van der Waals surface area contributed by atoms with Crippen molar-refractivity contribution in [3.05, 3.63) is 126 Å². The first-order valence-corrected chi connectivity index (χ1v) is 16.7. The zero-order chi connectivity index (χ0) is 36.9. The van der Waals surface area contributed by atoms with Crippen LogP contribution in [0, 0.1) is 0 Å². The number of carbonyl (C=O) groups is 3. The number of benzene rings is 3. The van der Waals surface area contributed by atoms with E-state index in [4.69, 9.17) is 14.6 Å². The van der Waals surface area contributed by atoms with Crippen LogP contribution in [0.15, 0.2) is 109 Å². The molecule has 1 aliphatic carbocycles. The molecule has 1 heterocycles. The number of halogens is 3. The van der Waals surface area contributed by atoms with E-state index in [0.717, 1.165) is 41.9 Å². The van der Waals surface area contributed by atoms with Crippen LogP contribution < -0.4 is 5.32 Å². The highest BCUT2D eigenvalue weighted by Gasteiger charge is 2.38. The van der Waals surface area contributed by atoms with Crippen molar-refractivity contribution in [1.82, 2.24) is 15.1 Å². The van der Waals surface area contributed by atoms with E-state index in [1.165, 1.54) is 12.8 Å². The second kappa shape index (κ2) is 18.3. The highest BCUT2D eigenvalue weighted by molar-refractivity contribution is 5.95. The fourth-order valence-electron chi connectivity index (χ4n) is 5.59. The standard InChI is InChI=1S/C37H41N3O4.C2HF3O2/c1-2-44-37(43)20-18-34(19-21-37)40(35(41)17-16-29-10-4-3-5-11-29)28-30-12-8-13-31(26-30)32-14-9-15-33(27-32)36(42)38-22-25-39-23-6-7-24-39;3-2(4,5)1(6)7/h3-5,8-20,26-27,43H,2,6-7,21-25,28H2,1H3,(H,38,42);(H,6,7)/b17-16+;. The Balaban J connectivity index is 0.000000755. The number of carboxylic acids is 1. The second-order valence-electron chi connectivity index (χ2n) is 12.0. The molecular formula is C39H42F3N3O6. The third-order valence-electron chi connectivity index (χ3n) is 8.19. The molecule has 1 atom stereocenters. The number of aliphatic carboxylic acids is 1. The van der Waals surface area contributed by atoms with Gasteiger partial charge in [-0.2, -0.15) is 13.2 Å². The summed E-state index contributed by atoms with van der Waals surface area (Å²) in [5.41, 5.74) is 5.07. The summed E-state index contributed by atoms with van der Waals surface area (Å²) in [7, 11) is 0. The number of nitrogens with zero attached hydrogens (tertiary/aromatic N) is 2. The van der Waals surface area contributed by atoms with Gasteiger partial charge in [0.15, 0.2) is 5.79 Å². The van der Waals surface area contributed by atoms with Crippen molar-refractivity contribution in [1.29, 1.82) is 0 Å². The maximum Gasteiger partial charge on any atom is 0.490 e. The number of nitrogens with one attached hydrogen (secondary N) is 1. The molecule has 1 aliphatic heterocycles. The third-order valence-corrected chi connectivity index (χ3v) is 8.19. The lowest BCUT2D eigenvalue weighted by Crippen LogP contribution is -2.34. The van der Waals surface area contributed by atoms with Gasteiger partial charge in [-0.15, -0.1) is 0 Å². The molecule has 0 bridgehead atoms. The summed E-state index contributed by atoms with van der Waals surface area (Å²) >= 11 is 0. The second-order valence-corrected chi connectivity index (χ2v) is 12.0. The smallest absolute Gasteiger partial charge is 0.475 e. The number of rotatable bonds is 12. The van der Waals surface area contributed by atoms with Gasteiger partial charge < -0.3 is 30.1 Å². The molecule has 1 unspecified atom stereocenters. The van der Waals surface area contributed by atoms with Crippen LogP contribution in [0.4, 0.5) is 13.2 Å². The Morgan fingerprint density at radius 2 is 1.65 bits per heavy atom. The number of ether oxygens (including phenoxy) is 1. The molecule has 2 amide bonds. The van der Waals surface area contributed by atoms with Crippen LogP contribution in [0.1, 0.15) is 47.7 Å². The van der Waals surface area contributed by atoms with Crippen molar-refractivity contribution in [3.63, 3.8) is 0 Å². The van der Waals surface area contributed by atoms with Crippen LogP contribution in [0.3, 0.4) is 0 Å². The summed E-state index contributed by atoms with van der Waals surface area (Å²) < 4.78 is 37.2. The average Bonchev–Trinajstić information content (AvgIpc) is 3.64. The molecule has 3 aromatic carbocycles.